The van der Waals surface area contributed by atoms with Crippen LogP contribution in [-0.2, 0) is 5.41 Å². The fraction of sp³-hybridized carbons (Fsp3) is 0.318. The minimum Gasteiger partial charge on any atom is -0.497 e. The smallest absolute Gasteiger partial charge is 0.209 e. The number of fused-ring (bicyclic) bond motifs is 1. The van der Waals surface area contributed by atoms with Crippen LogP contribution in [0.15, 0.2) is 48.7 Å². The minimum absolute atomic E-state index is 0.0417. The summed E-state index contributed by atoms with van der Waals surface area (Å²) in [5.41, 5.74) is 6.01. The van der Waals surface area contributed by atoms with Gasteiger partial charge >= 0.3 is 0 Å². The fourth-order valence-electron chi connectivity index (χ4n) is 3.58. The van der Waals surface area contributed by atoms with Crippen LogP contribution in [-0.4, -0.2) is 31.6 Å². The molecular weight excluding hydrogens is 324 g/mol. The first-order chi connectivity index (χ1) is 12.4. The minimum atomic E-state index is -0.0417. The standard InChI is InChI=1S/C22H26N2O2/c1-15-7-9-17-19(13-15)24(4)21(22(17,2)3)11-12-23-18-10-8-16(25-5)14-20(18)26-6/h7-14H,1-6H3/p+1. The zero-order valence-corrected chi connectivity index (χ0v) is 16.4. The van der Waals surface area contributed by atoms with Crippen molar-refractivity contribution in [2.75, 3.05) is 26.6 Å². The molecule has 0 amide bonds. The van der Waals surface area contributed by atoms with E-state index < -0.39 is 0 Å². The number of hydrogen-bond donors (Lipinski definition) is 1. The number of methoxy groups -OCH3 is 2. The summed E-state index contributed by atoms with van der Waals surface area (Å²) >= 11 is 0. The maximum Gasteiger partial charge on any atom is 0.209 e. The third kappa shape index (κ3) is 3.07. The van der Waals surface area contributed by atoms with Gasteiger partial charge in [-0.15, -0.1) is 0 Å². The van der Waals surface area contributed by atoms with Gasteiger partial charge in [-0.1, -0.05) is 12.1 Å². The van der Waals surface area contributed by atoms with Crippen molar-refractivity contribution in [2.45, 2.75) is 26.2 Å². The van der Waals surface area contributed by atoms with Gasteiger partial charge in [-0.3, -0.25) is 0 Å². The molecule has 4 heteroatoms. The van der Waals surface area contributed by atoms with E-state index in [1.807, 2.05) is 24.4 Å². The highest BCUT2D eigenvalue weighted by molar-refractivity contribution is 6.03. The van der Waals surface area contributed by atoms with Crippen LogP contribution in [0.4, 0.5) is 11.4 Å². The summed E-state index contributed by atoms with van der Waals surface area (Å²) in [4.78, 5) is 0. The Balaban J connectivity index is 1.87. The molecule has 0 atom stereocenters. The highest BCUT2D eigenvalue weighted by Crippen LogP contribution is 2.39. The van der Waals surface area contributed by atoms with E-state index in [1.54, 1.807) is 14.2 Å². The first-order valence-electron chi connectivity index (χ1n) is 8.76. The van der Waals surface area contributed by atoms with Crippen LogP contribution >= 0.6 is 0 Å². The number of aryl methyl sites for hydroxylation is 1. The van der Waals surface area contributed by atoms with Crippen molar-refractivity contribution in [3.8, 4) is 11.5 Å². The van der Waals surface area contributed by atoms with E-state index in [4.69, 9.17) is 9.47 Å². The predicted molar refractivity (Wildman–Crippen MR) is 107 cm³/mol. The molecule has 0 aromatic heterocycles. The Labute approximate surface area is 155 Å². The van der Waals surface area contributed by atoms with E-state index >= 15 is 0 Å². The Morgan fingerprint density at radius 3 is 2.50 bits per heavy atom. The van der Waals surface area contributed by atoms with Crippen molar-refractivity contribution in [2.24, 2.45) is 0 Å². The third-order valence-corrected chi connectivity index (χ3v) is 5.08. The summed E-state index contributed by atoms with van der Waals surface area (Å²) in [6.45, 7) is 6.66. The first-order valence-corrected chi connectivity index (χ1v) is 8.76. The van der Waals surface area contributed by atoms with E-state index in [0.29, 0.717) is 0 Å². The summed E-state index contributed by atoms with van der Waals surface area (Å²) in [6.07, 6.45) is 4.11. The SMILES string of the molecule is COc1ccc(NC=CC2=[N+](C)c3cc(C)ccc3C2(C)C)c(OC)c1. The van der Waals surface area contributed by atoms with Gasteiger partial charge in [-0.2, -0.15) is 4.58 Å². The molecule has 1 N–H and O–H groups in total. The molecule has 0 bridgehead atoms. The number of hydrogen-bond acceptors (Lipinski definition) is 3. The summed E-state index contributed by atoms with van der Waals surface area (Å²) in [5, 5.41) is 3.33. The largest absolute Gasteiger partial charge is 0.497 e. The average Bonchev–Trinajstić information content (AvgIpc) is 2.81. The van der Waals surface area contributed by atoms with E-state index in [0.717, 1.165) is 17.2 Å². The summed E-state index contributed by atoms with van der Waals surface area (Å²) in [7, 11) is 5.43. The second-order valence-corrected chi connectivity index (χ2v) is 7.13. The second-order valence-electron chi connectivity index (χ2n) is 7.13. The summed E-state index contributed by atoms with van der Waals surface area (Å²) in [5.74, 6) is 1.52. The number of nitrogens with zero attached hydrogens (tertiary/aromatic N) is 1. The number of nitrogens with one attached hydrogen (secondary N) is 1. The molecule has 2 aromatic rings. The normalized spacial score (nSPS) is 15.3. The van der Waals surface area contributed by atoms with E-state index in [2.05, 4.69) is 62.0 Å². The monoisotopic (exact) mass is 351 g/mol. The molecular formula is C22H27N2O2+. The van der Waals surface area contributed by atoms with Crippen LogP contribution in [0, 0.1) is 6.92 Å². The molecule has 2 aromatic carbocycles. The van der Waals surface area contributed by atoms with E-state index in [9.17, 15) is 0 Å². The molecule has 0 radical (unpaired) electrons. The van der Waals surface area contributed by atoms with Crippen LogP contribution < -0.4 is 14.8 Å². The van der Waals surface area contributed by atoms with Gasteiger partial charge in [-0.05, 0) is 38.5 Å². The molecule has 0 saturated carbocycles. The molecule has 0 aliphatic carbocycles. The Bertz CT molecular complexity index is 895. The Hall–Kier alpha value is -2.75. The number of benzene rings is 2. The lowest BCUT2D eigenvalue weighted by atomic mass is 9.81. The molecule has 1 aliphatic heterocycles. The van der Waals surface area contributed by atoms with Gasteiger partial charge in [0.1, 0.15) is 18.5 Å². The van der Waals surface area contributed by atoms with Gasteiger partial charge < -0.3 is 14.8 Å². The quantitative estimate of drug-likeness (QED) is 0.797. The average molecular weight is 351 g/mol. The van der Waals surface area contributed by atoms with Crippen molar-refractivity contribution >= 4 is 17.1 Å². The van der Waals surface area contributed by atoms with Crippen LogP contribution in [0.25, 0.3) is 0 Å². The molecule has 3 rings (SSSR count). The van der Waals surface area contributed by atoms with Gasteiger partial charge in [0, 0.05) is 30.0 Å². The van der Waals surface area contributed by atoms with Crippen LogP contribution in [0.1, 0.15) is 25.0 Å². The van der Waals surface area contributed by atoms with Crippen LogP contribution in [0.2, 0.25) is 0 Å². The molecule has 1 heterocycles. The molecule has 4 nitrogen and oxygen atoms in total. The predicted octanol–water partition coefficient (Wildman–Crippen LogP) is 4.64. The van der Waals surface area contributed by atoms with Crippen LogP contribution in [0.3, 0.4) is 0 Å². The Morgan fingerprint density at radius 2 is 1.81 bits per heavy atom. The first kappa shape index (κ1) is 18.1. The fourth-order valence-corrected chi connectivity index (χ4v) is 3.58. The maximum atomic E-state index is 5.44. The molecule has 0 saturated heterocycles. The number of rotatable bonds is 5. The zero-order valence-electron chi connectivity index (χ0n) is 16.4. The maximum absolute atomic E-state index is 5.44. The lowest BCUT2D eigenvalue weighted by Crippen LogP contribution is -2.26. The van der Waals surface area contributed by atoms with Gasteiger partial charge in [0.05, 0.1) is 25.3 Å². The highest BCUT2D eigenvalue weighted by Gasteiger charge is 2.42. The molecule has 0 fully saturated rings. The van der Waals surface area contributed by atoms with Crippen molar-refractivity contribution < 1.29 is 14.0 Å². The molecule has 26 heavy (non-hydrogen) atoms. The number of ether oxygens (including phenoxy) is 2. The van der Waals surface area contributed by atoms with Gasteiger partial charge in [0.2, 0.25) is 5.69 Å². The number of allylic oxidation sites excluding steroid dienone is 1. The topological polar surface area (TPSA) is 33.5 Å². The van der Waals surface area contributed by atoms with Crippen molar-refractivity contribution in [1.29, 1.82) is 0 Å². The van der Waals surface area contributed by atoms with Crippen LogP contribution in [0.5, 0.6) is 11.5 Å². The second kappa shape index (κ2) is 6.87. The molecule has 0 spiro atoms. The molecule has 1 aliphatic rings. The lowest BCUT2D eigenvalue weighted by Gasteiger charge is -2.15. The van der Waals surface area contributed by atoms with Gasteiger partial charge in [-0.25, -0.2) is 0 Å². The highest BCUT2D eigenvalue weighted by atomic mass is 16.5. The van der Waals surface area contributed by atoms with Crippen molar-refractivity contribution in [3.63, 3.8) is 0 Å². The van der Waals surface area contributed by atoms with Crippen molar-refractivity contribution in [3.05, 3.63) is 59.8 Å². The van der Waals surface area contributed by atoms with Crippen molar-refractivity contribution in [1.82, 2.24) is 0 Å². The molecule has 136 valence electrons. The van der Waals surface area contributed by atoms with E-state index in [-0.39, 0.29) is 5.41 Å². The third-order valence-electron chi connectivity index (χ3n) is 5.08. The van der Waals surface area contributed by atoms with Gasteiger partial charge in [0.15, 0.2) is 5.71 Å². The Kier molecular flexibility index (Phi) is 4.77. The summed E-state index contributed by atoms with van der Waals surface area (Å²) < 4.78 is 13.0. The van der Waals surface area contributed by atoms with E-state index in [1.165, 1.54) is 22.5 Å². The summed E-state index contributed by atoms with van der Waals surface area (Å²) in [6, 6.07) is 12.4. The lowest BCUT2D eigenvalue weighted by molar-refractivity contribution is -0.401. The molecule has 0 unspecified atom stereocenters. The number of anilines is 1. The Morgan fingerprint density at radius 1 is 1.04 bits per heavy atom. The zero-order chi connectivity index (χ0) is 18.9. The van der Waals surface area contributed by atoms with Gasteiger partial charge in [0.25, 0.3) is 0 Å².